The average molecular weight is 618 g/mol. The first kappa shape index (κ1) is 32.7. The summed E-state index contributed by atoms with van der Waals surface area (Å²) >= 11 is 0. The van der Waals surface area contributed by atoms with E-state index in [4.69, 9.17) is 35.7 Å². The molecule has 0 spiro atoms. The van der Waals surface area contributed by atoms with Gasteiger partial charge in [-0.3, -0.25) is 10.00 Å². The van der Waals surface area contributed by atoms with Crippen LogP contribution in [0.2, 0.25) is 0 Å². The van der Waals surface area contributed by atoms with Crippen molar-refractivity contribution in [3.05, 3.63) is 73.2 Å². The number of morpholine rings is 1. The predicted octanol–water partition coefficient (Wildman–Crippen LogP) is 2.13. The Balaban J connectivity index is 0.000000384. The van der Waals surface area contributed by atoms with Gasteiger partial charge in [0.15, 0.2) is 5.82 Å². The van der Waals surface area contributed by atoms with Gasteiger partial charge in [0.1, 0.15) is 18.8 Å². The monoisotopic (exact) mass is 617 g/mol. The van der Waals surface area contributed by atoms with Gasteiger partial charge in [-0.15, -0.1) is 0 Å². The van der Waals surface area contributed by atoms with Gasteiger partial charge in [-0.1, -0.05) is 19.6 Å². The third-order valence-electron chi connectivity index (χ3n) is 5.91. The fourth-order valence-electron chi connectivity index (χ4n) is 4.21. The van der Waals surface area contributed by atoms with Gasteiger partial charge < -0.3 is 23.6 Å². The highest BCUT2D eigenvalue weighted by Crippen LogP contribution is 2.27. The molecule has 0 atom stereocenters. The van der Waals surface area contributed by atoms with Crippen LogP contribution < -0.4 is 10.2 Å². The van der Waals surface area contributed by atoms with Gasteiger partial charge in [0.05, 0.1) is 56.4 Å². The van der Waals surface area contributed by atoms with Gasteiger partial charge in [0.25, 0.3) is 0 Å². The molecule has 42 heavy (non-hydrogen) atoms. The van der Waals surface area contributed by atoms with Gasteiger partial charge in [-0.2, -0.15) is 5.10 Å². The zero-order valence-electron chi connectivity index (χ0n) is 22.3. The Morgan fingerprint density at radius 3 is 2.26 bits per heavy atom. The van der Waals surface area contributed by atoms with Crippen LogP contribution in [-0.2, 0) is 25.0 Å². The first-order chi connectivity index (χ1) is 19.3. The van der Waals surface area contributed by atoms with Crippen LogP contribution in [0.15, 0.2) is 73.2 Å². The molecular weight excluding hydrogens is 584 g/mol. The van der Waals surface area contributed by atoms with E-state index < -0.39 is 20.2 Å². The maximum Gasteiger partial charge on any atom is 0.155 e. The molecule has 0 amide bonds. The van der Waals surface area contributed by atoms with E-state index in [0.717, 1.165) is 65.5 Å². The number of benzene rings is 2. The number of ether oxygens (including phenoxy) is 1. The summed E-state index contributed by atoms with van der Waals surface area (Å²) < 4.78 is 62.0. The molecule has 3 N–H and O–H groups in total. The molecule has 1 aliphatic rings. The maximum absolute atomic E-state index is 9.08. The van der Waals surface area contributed by atoms with E-state index >= 15 is 0 Å². The molecule has 15 heteroatoms. The number of rotatable bonds is 4. The smallest absolute Gasteiger partial charge is 0.155 e. The van der Waals surface area contributed by atoms with E-state index in [0.29, 0.717) is 12.5 Å². The Hall–Kier alpha value is -3.86. The summed E-state index contributed by atoms with van der Waals surface area (Å²) in [5.41, 5.74) is 6.31. The van der Waals surface area contributed by atoms with Crippen LogP contribution in [0.5, 0.6) is 0 Å². The Morgan fingerprint density at radius 2 is 1.62 bits per heavy atom. The number of quaternary nitrogens is 1. The second-order valence-corrected chi connectivity index (χ2v) is 12.1. The Bertz CT molecular complexity index is 1780. The molecule has 2 aromatic carbocycles. The molecule has 0 aliphatic carbocycles. The number of anilines is 2. The van der Waals surface area contributed by atoms with Crippen molar-refractivity contribution in [1.29, 1.82) is 0 Å². The lowest BCUT2D eigenvalue weighted by atomic mass is 10.1. The van der Waals surface area contributed by atoms with E-state index in [1.807, 2.05) is 18.5 Å². The van der Waals surface area contributed by atoms with Gasteiger partial charge in [-0.05, 0) is 30.3 Å². The Morgan fingerprint density at radius 1 is 0.976 bits per heavy atom. The van der Waals surface area contributed by atoms with Crippen molar-refractivity contribution in [2.75, 3.05) is 44.1 Å². The van der Waals surface area contributed by atoms with E-state index in [1.54, 1.807) is 0 Å². The minimum absolute atomic E-state index is 0. The van der Waals surface area contributed by atoms with Crippen LogP contribution in [0.25, 0.3) is 27.7 Å². The average Bonchev–Trinajstić information content (AvgIpc) is 3.57. The zero-order chi connectivity index (χ0) is 29.6. The SMILES string of the molecule is C.CS(=O)(=O)[O-].CS(=O)(=O)[O-].c1cc2c(Nc3ccc([NH+]4CCOCC4)cc3)nc(-c3ccc4cn[nH]c4c3)cn2c1. The molecule has 0 radical (unpaired) electrons. The van der Waals surface area contributed by atoms with Gasteiger partial charge in [0, 0.05) is 53.7 Å². The van der Waals surface area contributed by atoms with Crippen LogP contribution in [0.3, 0.4) is 0 Å². The number of aromatic amines is 1. The molecule has 0 saturated carbocycles. The third kappa shape index (κ3) is 9.90. The van der Waals surface area contributed by atoms with E-state index in [1.165, 1.54) is 10.6 Å². The summed E-state index contributed by atoms with van der Waals surface area (Å²) in [4.78, 5) is 6.43. The maximum atomic E-state index is 9.08. The topological polar surface area (TPSA) is 186 Å². The lowest BCUT2D eigenvalue weighted by Crippen LogP contribution is -3.09. The van der Waals surface area contributed by atoms with Gasteiger partial charge in [-0.25, -0.2) is 21.8 Å². The van der Waals surface area contributed by atoms with Gasteiger partial charge in [0.2, 0.25) is 0 Å². The standard InChI is InChI=1S/C24H22N6O.2CH4O3S.CH4/c1-2-23-24(26-19-5-7-20(8-6-19)29-10-12-31-13-11-29)27-22(16-30(23)9-1)17-3-4-18-15-25-28-21(18)14-17;2*1-5(2,3)4;/h1-9,14-16H,10-13H2,(H,25,28)(H,26,27);2*1H3,(H,2,3,4);1H4/p-1. The molecule has 13 nitrogen and oxygen atoms in total. The molecule has 1 saturated heterocycles. The summed E-state index contributed by atoms with van der Waals surface area (Å²) in [6.07, 6.45) is 7.14. The molecular formula is C27H33N6O7S2-. The zero-order valence-corrected chi connectivity index (χ0v) is 23.9. The summed E-state index contributed by atoms with van der Waals surface area (Å²) in [7, 11) is -7.83. The molecule has 5 aromatic rings. The molecule has 6 rings (SSSR count). The van der Waals surface area contributed by atoms with Crippen LogP contribution in [0.4, 0.5) is 17.2 Å². The first-order valence-corrected chi connectivity index (χ1v) is 16.0. The van der Waals surface area contributed by atoms with Crippen molar-refractivity contribution in [2.24, 2.45) is 0 Å². The van der Waals surface area contributed by atoms with Gasteiger partial charge >= 0.3 is 0 Å². The molecule has 4 heterocycles. The second-order valence-electron chi connectivity index (χ2n) is 9.27. The lowest BCUT2D eigenvalue weighted by Gasteiger charge is -2.23. The van der Waals surface area contributed by atoms with Crippen LogP contribution in [-0.4, -0.2) is 84.3 Å². The number of hydrogen-bond donors (Lipinski definition) is 3. The van der Waals surface area contributed by atoms with E-state index in [-0.39, 0.29) is 7.43 Å². The fourth-order valence-corrected chi connectivity index (χ4v) is 4.21. The second kappa shape index (κ2) is 13.9. The van der Waals surface area contributed by atoms with Crippen LogP contribution in [0, 0.1) is 0 Å². The van der Waals surface area contributed by atoms with E-state index in [9.17, 15) is 0 Å². The Kier molecular flexibility index (Phi) is 10.8. The highest BCUT2D eigenvalue weighted by atomic mass is 32.2. The third-order valence-corrected chi connectivity index (χ3v) is 5.91. The molecule has 226 valence electrons. The number of nitrogens with one attached hydrogen (secondary N) is 3. The highest BCUT2D eigenvalue weighted by molar-refractivity contribution is 7.85. The Labute approximate surface area is 244 Å². The number of H-pyrrole nitrogens is 1. The summed E-state index contributed by atoms with van der Waals surface area (Å²) in [6.45, 7) is 3.68. The van der Waals surface area contributed by atoms with Crippen molar-refractivity contribution in [2.45, 2.75) is 7.43 Å². The molecule has 1 fully saturated rings. The molecule has 1 aliphatic heterocycles. The summed E-state index contributed by atoms with van der Waals surface area (Å²) in [5, 5.41) is 11.8. The number of nitrogens with zero attached hydrogens (tertiary/aromatic N) is 3. The summed E-state index contributed by atoms with van der Waals surface area (Å²) in [6, 6.07) is 19.0. The first-order valence-electron chi connectivity index (χ1n) is 12.4. The fraction of sp³-hybridized carbons (Fsp3) is 0.259. The largest absolute Gasteiger partial charge is 0.748 e. The minimum atomic E-state index is -3.92. The predicted molar refractivity (Wildman–Crippen MR) is 159 cm³/mol. The quantitative estimate of drug-likeness (QED) is 0.252. The van der Waals surface area contributed by atoms with Crippen molar-refractivity contribution in [3.63, 3.8) is 0 Å². The lowest BCUT2D eigenvalue weighted by molar-refractivity contribution is -0.842. The van der Waals surface area contributed by atoms with Crippen molar-refractivity contribution in [1.82, 2.24) is 19.6 Å². The minimum Gasteiger partial charge on any atom is -0.748 e. The highest BCUT2D eigenvalue weighted by Gasteiger charge is 2.16. The van der Waals surface area contributed by atoms with Crippen LogP contribution >= 0.6 is 0 Å². The van der Waals surface area contributed by atoms with Crippen molar-refractivity contribution >= 4 is 53.8 Å². The number of fused-ring (bicyclic) bond motifs is 2. The molecule has 0 unspecified atom stereocenters. The molecule has 0 bridgehead atoms. The normalized spacial score (nSPS) is 13.8. The van der Waals surface area contributed by atoms with Crippen molar-refractivity contribution in [3.8, 4) is 11.3 Å². The van der Waals surface area contributed by atoms with Crippen LogP contribution in [0.1, 0.15) is 7.43 Å². The summed E-state index contributed by atoms with van der Waals surface area (Å²) in [5.74, 6) is 0.832. The molecule has 3 aromatic heterocycles. The number of aromatic nitrogens is 4. The van der Waals surface area contributed by atoms with Crippen molar-refractivity contribution < 1.29 is 35.6 Å². The number of hydrogen-bond acceptors (Lipinski definition) is 10. The van der Waals surface area contributed by atoms with E-state index in [2.05, 4.69) is 74.6 Å².